The maximum Gasteiger partial charge on any atom is 0.271 e. The third kappa shape index (κ3) is 3.50. The van der Waals surface area contributed by atoms with Crippen LogP contribution in [0.25, 0.3) is 11.0 Å². The van der Waals surface area contributed by atoms with Gasteiger partial charge in [-0.2, -0.15) is 4.98 Å². The van der Waals surface area contributed by atoms with Gasteiger partial charge in [-0.1, -0.05) is 11.6 Å². The van der Waals surface area contributed by atoms with Gasteiger partial charge in [-0.05, 0) is 56.9 Å². The highest BCUT2D eigenvalue weighted by Crippen LogP contribution is 2.25. The lowest BCUT2D eigenvalue weighted by molar-refractivity contribution is 0.595. The number of aromatic nitrogens is 3. The second kappa shape index (κ2) is 7.06. The van der Waals surface area contributed by atoms with Crippen molar-refractivity contribution < 1.29 is 0 Å². The molecule has 0 aliphatic heterocycles. The van der Waals surface area contributed by atoms with E-state index in [9.17, 15) is 4.79 Å². The molecule has 0 fully saturated rings. The van der Waals surface area contributed by atoms with Crippen molar-refractivity contribution in [2.75, 3.05) is 11.6 Å². The fourth-order valence-corrected chi connectivity index (χ4v) is 3.36. The van der Waals surface area contributed by atoms with Gasteiger partial charge in [0.25, 0.3) is 5.56 Å². The topological polar surface area (TPSA) is 59.8 Å². The van der Waals surface area contributed by atoms with Crippen LogP contribution in [0.2, 0.25) is 5.02 Å². The second-order valence-corrected chi connectivity index (χ2v) is 7.33. The molecule has 7 heteroatoms. The highest BCUT2D eigenvalue weighted by molar-refractivity contribution is 7.98. The van der Waals surface area contributed by atoms with Gasteiger partial charge in [0.2, 0.25) is 5.95 Å². The average Bonchev–Trinajstić information content (AvgIpc) is 2.57. The Morgan fingerprint density at radius 2 is 2.04 bits per heavy atom. The molecule has 3 aromatic rings. The van der Waals surface area contributed by atoms with Crippen LogP contribution in [0.1, 0.15) is 25.5 Å². The zero-order chi connectivity index (χ0) is 18.1. The van der Waals surface area contributed by atoms with Crippen LogP contribution in [0.15, 0.2) is 40.2 Å². The van der Waals surface area contributed by atoms with Gasteiger partial charge in [-0.3, -0.25) is 9.36 Å². The molecule has 0 unspecified atom stereocenters. The van der Waals surface area contributed by atoms with Crippen molar-refractivity contribution in [3.8, 4) is 0 Å². The van der Waals surface area contributed by atoms with E-state index in [0.29, 0.717) is 11.6 Å². The van der Waals surface area contributed by atoms with E-state index < -0.39 is 0 Å². The molecule has 0 aliphatic rings. The number of fused-ring (bicyclic) bond motifs is 1. The Labute approximate surface area is 155 Å². The molecule has 130 valence electrons. The molecular weight excluding hydrogens is 356 g/mol. The molecule has 2 heterocycles. The maximum absolute atomic E-state index is 12.4. The van der Waals surface area contributed by atoms with Crippen LogP contribution in [-0.2, 0) is 0 Å². The van der Waals surface area contributed by atoms with Crippen molar-refractivity contribution in [2.45, 2.75) is 31.7 Å². The number of hydrogen-bond acceptors (Lipinski definition) is 5. The molecule has 1 N–H and O–H groups in total. The summed E-state index contributed by atoms with van der Waals surface area (Å²) in [6, 6.07) is 7.72. The lowest BCUT2D eigenvalue weighted by Crippen LogP contribution is -2.23. The molecule has 0 amide bonds. The number of thioether (sulfide) groups is 1. The Bertz CT molecular complexity index is 1000. The van der Waals surface area contributed by atoms with Crippen molar-refractivity contribution in [3.63, 3.8) is 0 Å². The molecule has 0 radical (unpaired) electrons. The van der Waals surface area contributed by atoms with Gasteiger partial charge in [0.1, 0.15) is 10.7 Å². The van der Waals surface area contributed by atoms with Crippen LogP contribution in [0.4, 0.5) is 11.6 Å². The van der Waals surface area contributed by atoms with Gasteiger partial charge in [0.15, 0.2) is 0 Å². The number of anilines is 2. The van der Waals surface area contributed by atoms with Crippen molar-refractivity contribution in [1.29, 1.82) is 0 Å². The Hall–Kier alpha value is -2.05. The third-order valence-electron chi connectivity index (χ3n) is 3.93. The zero-order valence-corrected chi connectivity index (χ0v) is 16.1. The van der Waals surface area contributed by atoms with Crippen molar-refractivity contribution in [1.82, 2.24) is 14.5 Å². The summed E-state index contributed by atoms with van der Waals surface area (Å²) in [4.78, 5) is 22.5. The third-order valence-corrected chi connectivity index (χ3v) is 4.92. The van der Waals surface area contributed by atoms with E-state index in [1.807, 2.05) is 39.2 Å². The molecule has 3 rings (SSSR count). The summed E-state index contributed by atoms with van der Waals surface area (Å²) >= 11 is 7.75. The van der Waals surface area contributed by atoms with Crippen LogP contribution < -0.4 is 10.9 Å². The highest BCUT2D eigenvalue weighted by Gasteiger charge is 2.13. The SMILES string of the molecule is CSc1ccc(Nc2ncc3cc(Cl)c(=O)n(C(C)C)c3n2)c(C)c1. The van der Waals surface area contributed by atoms with Crippen LogP contribution >= 0.6 is 23.4 Å². The number of nitrogens with one attached hydrogen (secondary N) is 1. The number of aryl methyl sites for hydroxylation is 1. The minimum Gasteiger partial charge on any atom is -0.324 e. The van der Waals surface area contributed by atoms with E-state index in [1.165, 1.54) is 4.90 Å². The van der Waals surface area contributed by atoms with Crippen LogP contribution in [-0.4, -0.2) is 20.8 Å². The Morgan fingerprint density at radius 3 is 2.68 bits per heavy atom. The van der Waals surface area contributed by atoms with E-state index in [2.05, 4.69) is 21.4 Å². The Morgan fingerprint density at radius 1 is 1.28 bits per heavy atom. The number of rotatable bonds is 4. The number of halogens is 1. The van der Waals surface area contributed by atoms with E-state index in [1.54, 1.807) is 28.6 Å². The summed E-state index contributed by atoms with van der Waals surface area (Å²) < 4.78 is 1.59. The predicted octanol–water partition coefficient (Wildman–Crippen LogP) is 4.80. The molecule has 0 aliphatic carbocycles. The first-order valence-electron chi connectivity index (χ1n) is 7.90. The number of pyridine rings is 1. The summed E-state index contributed by atoms with van der Waals surface area (Å²) in [5.41, 5.74) is 2.37. The normalized spacial score (nSPS) is 11.3. The molecule has 0 atom stereocenters. The first kappa shape index (κ1) is 17.8. The fourth-order valence-electron chi connectivity index (χ4n) is 2.65. The predicted molar refractivity (Wildman–Crippen MR) is 105 cm³/mol. The maximum atomic E-state index is 12.4. The zero-order valence-electron chi connectivity index (χ0n) is 14.5. The van der Waals surface area contributed by atoms with E-state index in [4.69, 9.17) is 11.6 Å². The first-order valence-corrected chi connectivity index (χ1v) is 9.50. The minimum absolute atomic E-state index is 0.0564. The summed E-state index contributed by atoms with van der Waals surface area (Å²) in [6.45, 7) is 5.89. The molecule has 1 aromatic carbocycles. The summed E-state index contributed by atoms with van der Waals surface area (Å²) in [5.74, 6) is 0.448. The molecule has 0 saturated heterocycles. The largest absolute Gasteiger partial charge is 0.324 e. The van der Waals surface area contributed by atoms with E-state index >= 15 is 0 Å². The number of benzene rings is 1. The first-order chi connectivity index (χ1) is 11.9. The standard InChI is InChI=1S/C18H19ClN4OS/c1-10(2)23-16-12(8-14(19)17(23)24)9-20-18(22-16)21-15-6-5-13(25-4)7-11(15)3/h5-10H,1-4H3,(H,20,21,22). The van der Waals surface area contributed by atoms with Gasteiger partial charge < -0.3 is 5.32 Å². The quantitative estimate of drug-likeness (QED) is 0.664. The van der Waals surface area contributed by atoms with Gasteiger partial charge in [-0.25, -0.2) is 4.98 Å². The van der Waals surface area contributed by atoms with Gasteiger partial charge in [-0.15, -0.1) is 11.8 Å². The number of nitrogens with zero attached hydrogens (tertiary/aromatic N) is 3. The van der Waals surface area contributed by atoms with Gasteiger partial charge in [0.05, 0.1) is 0 Å². The van der Waals surface area contributed by atoms with Crippen LogP contribution in [0.3, 0.4) is 0 Å². The number of hydrogen-bond donors (Lipinski definition) is 1. The van der Waals surface area contributed by atoms with E-state index in [0.717, 1.165) is 16.6 Å². The smallest absolute Gasteiger partial charge is 0.271 e. The van der Waals surface area contributed by atoms with Crippen molar-refractivity contribution >= 4 is 46.0 Å². The lowest BCUT2D eigenvalue weighted by atomic mass is 10.2. The summed E-state index contributed by atoms with van der Waals surface area (Å²) in [7, 11) is 0. The lowest BCUT2D eigenvalue weighted by Gasteiger charge is -2.15. The van der Waals surface area contributed by atoms with Crippen molar-refractivity contribution in [2.24, 2.45) is 0 Å². The summed E-state index contributed by atoms with van der Waals surface area (Å²) in [5, 5.41) is 4.15. The summed E-state index contributed by atoms with van der Waals surface area (Å²) in [6.07, 6.45) is 3.73. The molecule has 0 spiro atoms. The molecule has 0 bridgehead atoms. The Balaban J connectivity index is 2.08. The van der Waals surface area contributed by atoms with Gasteiger partial charge in [0, 0.05) is 28.2 Å². The fraction of sp³-hybridized carbons (Fsp3) is 0.278. The average molecular weight is 375 g/mol. The van der Waals surface area contributed by atoms with Gasteiger partial charge >= 0.3 is 0 Å². The molecular formula is C18H19ClN4OS. The minimum atomic E-state index is -0.241. The Kier molecular flexibility index (Phi) is 5.01. The molecule has 0 saturated carbocycles. The van der Waals surface area contributed by atoms with Crippen LogP contribution in [0.5, 0.6) is 0 Å². The highest BCUT2D eigenvalue weighted by atomic mass is 35.5. The second-order valence-electron chi connectivity index (χ2n) is 6.04. The van der Waals surface area contributed by atoms with E-state index in [-0.39, 0.29) is 16.6 Å². The van der Waals surface area contributed by atoms with Crippen LogP contribution in [0, 0.1) is 6.92 Å². The molecule has 5 nitrogen and oxygen atoms in total. The van der Waals surface area contributed by atoms with Crippen molar-refractivity contribution in [3.05, 3.63) is 51.4 Å². The molecule has 25 heavy (non-hydrogen) atoms. The monoisotopic (exact) mass is 374 g/mol. The molecule has 2 aromatic heterocycles.